The molecule has 33 heavy (non-hydrogen) atoms. The number of halogens is 6. The molecule has 0 spiro atoms. The Labute approximate surface area is 181 Å². The Balaban J connectivity index is 2.86. The van der Waals surface area contributed by atoms with Crippen LogP contribution in [0.15, 0.2) is 0 Å². The molecule has 0 aromatic heterocycles. The van der Waals surface area contributed by atoms with Crippen molar-refractivity contribution in [2.24, 2.45) is 0 Å². The van der Waals surface area contributed by atoms with Crippen molar-refractivity contribution in [3.8, 4) is 34.5 Å². The molecular weight excluding hydrogens is 526 g/mol. The summed E-state index contributed by atoms with van der Waals surface area (Å²) in [7, 11) is -10.8. The lowest BCUT2D eigenvalue weighted by molar-refractivity contribution is -0.0509. The molecule has 2 rings (SSSR count). The van der Waals surface area contributed by atoms with Crippen molar-refractivity contribution in [1.82, 2.24) is 0 Å². The van der Waals surface area contributed by atoms with Gasteiger partial charge < -0.3 is 36.8 Å². The summed E-state index contributed by atoms with van der Waals surface area (Å²) >= 11 is 0. The van der Waals surface area contributed by atoms with Crippen LogP contribution in [0.3, 0.4) is 0 Å². The maximum absolute atomic E-state index is 12.9. The summed E-state index contributed by atoms with van der Waals surface area (Å²) in [5, 5.41) is 0. The third-order valence-electron chi connectivity index (χ3n) is 3.24. The molecule has 0 unspecified atom stereocenters. The largest absolute Gasteiger partial charge is 0.534 e. The van der Waals surface area contributed by atoms with Crippen molar-refractivity contribution >= 4 is 20.2 Å². The smallest absolute Gasteiger partial charge is 0.459 e. The fraction of sp³-hybridized carbons (Fsp3) is 0.538. The average Bonchev–Trinajstić information content (AvgIpc) is 3.15. The molecule has 1 aromatic carbocycles. The van der Waals surface area contributed by atoms with Crippen molar-refractivity contribution in [2.75, 3.05) is 34.6 Å². The topological polar surface area (TPSA) is 142 Å². The summed E-state index contributed by atoms with van der Waals surface area (Å²) < 4.78 is 160. The molecule has 0 amide bonds. The molecular formula is C13H12F6O12S2. The van der Waals surface area contributed by atoms with Gasteiger partial charge >= 0.3 is 31.3 Å². The van der Waals surface area contributed by atoms with E-state index in [1.165, 1.54) is 0 Å². The Morgan fingerprint density at radius 2 is 1.03 bits per heavy atom. The van der Waals surface area contributed by atoms with E-state index in [0.717, 1.165) is 14.2 Å². The second-order valence-corrected chi connectivity index (χ2v) is 8.53. The lowest BCUT2D eigenvalue weighted by atomic mass is 10.2. The zero-order chi connectivity index (χ0) is 25.2. The number of benzene rings is 1. The Morgan fingerprint density at radius 3 is 1.30 bits per heavy atom. The van der Waals surface area contributed by atoms with Crippen LogP contribution in [0, 0.1) is 0 Å². The summed E-state index contributed by atoms with van der Waals surface area (Å²) in [6.07, 6.45) is 0. The number of hydrogen-bond acceptors (Lipinski definition) is 12. The maximum Gasteiger partial charge on any atom is 0.534 e. The minimum absolute atomic E-state index is 0.878. The van der Waals surface area contributed by atoms with E-state index in [1.54, 1.807) is 0 Å². The van der Waals surface area contributed by atoms with Gasteiger partial charge in [-0.15, -0.1) is 0 Å². The Kier molecular flexibility index (Phi) is 7.55. The first kappa shape index (κ1) is 26.7. The molecule has 1 aromatic rings. The predicted octanol–water partition coefficient (Wildman–Crippen LogP) is 1.84. The van der Waals surface area contributed by atoms with Crippen LogP contribution in [0.2, 0.25) is 0 Å². The van der Waals surface area contributed by atoms with Gasteiger partial charge in [-0.05, 0) is 0 Å². The first-order valence-corrected chi connectivity index (χ1v) is 10.6. The summed E-state index contributed by atoms with van der Waals surface area (Å²) in [6, 6.07) is 0. The molecule has 0 saturated carbocycles. The Bertz CT molecular complexity index is 996. The molecule has 0 saturated heterocycles. The number of rotatable bonds is 10. The third kappa shape index (κ3) is 5.50. The van der Waals surface area contributed by atoms with Gasteiger partial charge in [0, 0.05) is 14.2 Å². The van der Waals surface area contributed by atoms with Gasteiger partial charge in [-0.1, -0.05) is 0 Å². The van der Waals surface area contributed by atoms with Gasteiger partial charge in [0.1, 0.15) is 0 Å². The van der Waals surface area contributed by atoms with Gasteiger partial charge in [-0.3, -0.25) is 0 Å². The minimum Gasteiger partial charge on any atom is -0.459 e. The van der Waals surface area contributed by atoms with Gasteiger partial charge in [0.25, 0.3) is 0 Å². The quantitative estimate of drug-likeness (QED) is 0.186. The van der Waals surface area contributed by atoms with E-state index in [4.69, 9.17) is 18.9 Å². The molecule has 20 heteroatoms. The van der Waals surface area contributed by atoms with Gasteiger partial charge in [0.15, 0.2) is 13.6 Å². The second-order valence-electron chi connectivity index (χ2n) is 5.45. The van der Waals surface area contributed by atoms with Crippen LogP contribution in [-0.2, 0) is 29.7 Å². The number of methoxy groups -OCH3 is 2. The molecule has 0 fully saturated rings. The summed E-state index contributed by atoms with van der Waals surface area (Å²) in [5.74, 6) is -7.46. The monoisotopic (exact) mass is 538 g/mol. The lowest BCUT2D eigenvalue weighted by Crippen LogP contribution is -2.29. The van der Waals surface area contributed by atoms with Gasteiger partial charge in [0.05, 0.1) is 0 Å². The molecule has 1 heterocycles. The number of hydrogen-bond donors (Lipinski definition) is 0. The Hall–Kier alpha value is -2.58. The first-order chi connectivity index (χ1) is 15.1. The van der Waals surface area contributed by atoms with Crippen molar-refractivity contribution in [2.45, 2.75) is 11.0 Å². The van der Waals surface area contributed by atoms with Crippen molar-refractivity contribution in [3.05, 3.63) is 0 Å². The number of ether oxygens (including phenoxy) is 6. The van der Waals surface area contributed by atoms with E-state index in [-0.39, 0.29) is 0 Å². The van der Waals surface area contributed by atoms with Gasteiger partial charge in [0.2, 0.25) is 41.3 Å². The summed E-state index contributed by atoms with van der Waals surface area (Å²) in [6.45, 7) is -2.69. The zero-order valence-corrected chi connectivity index (χ0v) is 17.7. The molecule has 190 valence electrons. The average molecular weight is 538 g/mol. The van der Waals surface area contributed by atoms with E-state index in [0.29, 0.717) is 0 Å². The van der Waals surface area contributed by atoms with Crippen molar-refractivity contribution in [3.63, 3.8) is 0 Å². The first-order valence-electron chi connectivity index (χ1n) is 7.82. The summed E-state index contributed by atoms with van der Waals surface area (Å²) in [4.78, 5) is 0. The Morgan fingerprint density at radius 1 is 0.697 bits per heavy atom. The SMILES string of the molecule is COCOc1c(OCOC)c(OS(=O)(=O)C(F)(F)F)c2c(c1OS(=O)(=O)C(F)(F)F)OCO2. The fourth-order valence-electron chi connectivity index (χ4n) is 1.99. The zero-order valence-electron chi connectivity index (χ0n) is 16.1. The van der Waals surface area contributed by atoms with E-state index in [1.807, 2.05) is 0 Å². The number of fused-ring (bicyclic) bond motifs is 1. The third-order valence-corrected chi connectivity index (χ3v) is 5.15. The fourth-order valence-corrected chi connectivity index (χ4v) is 2.92. The lowest BCUT2D eigenvalue weighted by Gasteiger charge is -2.21. The molecule has 0 atom stereocenters. The molecule has 0 radical (unpaired) electrons. The van der Waals surface area contributed by atoms with E-state index >= 15 is 0 Å². The highest BCUT2D eigenvalue weighted by Gasteiger charge is 2.52. The molecule has 12 nitrogen and oxygen atoms in total. The second kappa shape index (κ2) is 9.35. The van der Waals surface area contributed by atoms with Crippen LogP contribution in [-0.4, -0.2) is 62.5 Å². The molecule has 0 N–H and O–H groups in total. The van der Waals surface area contributed by atoms with Crippen LogP contribution in [0.1, 0.15) is 0 Å². The van der Waals surface area contributed by atoms with Crippen LogP contribution in [0.4, 0.5) is 26.3 Å². The van der Waals surface area contributed by atoms with Crippen LogP contribution in [0.25, 0.3) is 0 Å². The molecule has 0 bridgehead atoms. The van der Waals surface area contributed by atoms with Crippen molar-refractivity contribution < 1.29 is 80.0 Å². The number of alkyl halides is 6. The van der Waals surface area contributed by atoms with Gasteiger partial charge in [-0.25, -0.2) is 0 Å². The van der Waals surface area contributed by atoms with E-state index in [2.05, 4.69) is 17.8 Å². The standard InChI is InChI=1S/C13H12F6O12S2/c1-24-3-26-6-7(27-4-25-2)11(31-33(22,23)13(17,18)19)9-8(28-5-29-9)10(6)30-32(20,21)12(14,15)16/h3-5H2,1-2H3. The van der Waals surface area contributed by atoms with Crippen LogP contribution in [0.5, 0.6) is 34.5 Å². The van der Waals surface area contributed by atoms with Crippen LogP contribution < -0.4 is 27.3 Å². The highest BCUT2D eigenvalue weighted by atomic mass is 32.2. The minimum atomic E-state index is -6.41. The van der Waals surface area contributed by atoms with Gasteiger partial charge in [-0.2, -0.15) is 43.2 Å². The molecule has 1 aliphatic heterocycles. The van der Waals surface area contributed by atoms with Crippen LogP contribution >= 0.6 is 0 Å². The highest BCUT2D eigenvalue weighted by Crippen LogP contribution is 2.61. The predicted molar refractivity (Wildman–Crippen MR) is 88.8 cm³/mol. The highest BCUT2D eigenvalue weighted by molar-refractivity contribution is 7.88. The maximum atomic E-state index is 12.9. The molecule has 1 aliphatic rings. The summed E-state index contributed by atoms with van der Waals surface area (Å²) in [5.41, 5.74) is -11.9. The normalized spacial score (nSPS) is 14.2. The van der Waals surface area contributed by atoms with E-state index in [9.17, 15) is 43.2 Å². The van der Waals surface area contributed by atoms with E-state index < -0.39 is 86.1 Å². The van der Waals surface area contributed by atoms with Crippen molar-refractivity contribution in [1.29, 1.82) is 0 Å². The molecule has 0 aliphatic carbocycles.